The molecule has 3 unspecified atom stereocenters. The summed E-state index contributed by atoms with van der Waals surface area (Å²) >= 11 is 0.930. The Kier molecular flexibility index (Phi) is 7.65. The first-order valence-corrected chi connectivity index (χ1v) is 7.23. The van der Waals surface area contributed by atoms with Gasteiger partial charge < -0.3 is 0 Å². The number of carbonyl (C=O) groups excluding carboxylic acids is 1. The normalized spacial score (nSPS) is 15.6. The number of carbonyl (C=O) groups is 1. The van der Waals surface area contributed by atoms with Crippen LogP contribution in [0.2, 0.25) is 0 Å². The van der Waals surface area contributed by atoms with Gasteiger partial charge in [0.2, 0.25) is 5.12 Å². The molecular weight excluding hydrogens is 292 g/mol. The van der Waals surface area contributed by atoms with Crippen molar-refractivity contribution in [3.63, 3.8) is 0 Å². The highest BCUT2D eigenvalue weighted by Gasteiger charge is 2.24. The molecule has 0 saturated carbocycles. The maximum atomic E-state index is 13.3. The molecule has 3 atom stereocenters. The number of hydrogen-bond donors (Lipinski definition) is 0. The smallest absolute Gasteiger partial charge is 0.219 e. The Morgan fingerprint density at radius 1 is 1.10 bits per heavy atom. The number of thioether (sulfide) groups is 1. The van der Waals surface area contributed by atoms with Gasteiger partial charge in [-0.3, -0.25) is 4.79 Å². The van der Waals surface area contributed by atoms with Crippen molar-refractivity contribution in [3.8, 4) is 0 Å². The number of rotatable bonds is 8. The molecule has 0 heterocycles. The van der Waals surface area contributed by atoms with E-state index in [1.54, 1.807) is 30.3 Å². The van der Waals surface area contributed by atoms with Crippen LogP contribution < -0.4 is 0 Å². The van der Waals surface area contributed by atoms with Gasteiger partial charge in [-0.25, -0.2) is 17.6 Å². The molecule has 20 heavy (non-hydrogen) atoms. The molecule has 6 heteroatoms. The molecule has 0 aliphatic heterocycles. The van der Waals surface area contributed by atoms with Gasteiger partial charge in [0.1, 0.15) is 19.0 Å². The van der Waals surface area contributed by atoms with Crippen LogP contribution in [0.15, 0.2) is 30.3 Å². The summed E-state index contributed by atoms with van der Waals surface area (Å²) in [7, 11) is 0. The number of alkyl halides is 4. The fraction of sp³-hybridized carbons (Fsp3) is 0.500. The lowest BCUT2D eigenvalue weighted by atomic mass is 10.1. The first-order valence-electron chi connectivity index (χ1n) is 6.25. The monoisotopic (exact) mass is 308 g/mol. The lowest BCUT2D eigenvalue weighted by molar-refractivity contribution is 0.104. The standard InChI is InChI=1S/C14H16F4OS/c15-9-13(18)12(17)8-11(16)6-7-20-14(19)10-4-2-1-3-5-10/h1-5,11-13H,6-9H2. The van der Waals surface area contributed by atoms with E-state index in [2.05, 4.69) is 0 Å². The molecule has 0 aliphatic carbocycles. The molecule has 0 bridgehead atoms. The van der Waals surface area contributed by atoms with Crippen LogP contribution >= 0.6 is 11.8 Å². The fourth-order valence-electron chi connectivity index (χ4n) is 1.54. The van der Waals surface area contributed by atoms with Crippen LogP contribution in [0.1, 0.15) is 23.2 Å². The molecule has 1 rings (SSSR count). The Morgan fingerprint density at radius 2 is 1.75 bits per heavy atom. The third kappa shape index (κ3) is 5.94. The van der Waals surface area contributed by atoms with E-state index in [4.69, 9.17) is 0 Å². The quantitative estimate of drug-likeness (QED) is 0.665. The van der Waals surface area contributed by atoms with Gasteiger partial charge in [0.15, 0.2) is 6.17 Å². The van der Waals surface area contributed by atoms with Crippen molar-refractivity contribution >= 4 is 16.9 Å². The van der Waals surface area contributed by atoms with Crippen LogP contribution in [0.25, 0.3) is 0 Å². The minimum Gasteiger partial charge on any atom is -0.282 e. The molecule has 0 amide bonds. The number of halogens is 4. The third-order valence-corrected chi connectivity index (χ3v) is 3.63. The van der Waals surface area contributed by atoms with E-state index in [9.17, 15) is 22.4 Å². The second-order valence-corrected chi connectivity index (χ2v) is 5.38. The lowest BCUT2D eigenvalue weighted by Gasteiger charge is -2.13. The molecular formula is C14H16F4OS. The van der Waals surface area contributed by atoms with E-state index in [0.717, 1.165) is 11.8 Å². The van der Waals surface area contributed by atoms with Crippen molar-refractivity contribution in [3.05, 3.63) is 35.9 Å². The highest BCUT2D eigenvalue weighted by atomic mass is 32.2. The van der Waals surface area contributed by atoms with Crippen LogP contribution in [0, 0.1) is 0 Å². The molecule has 0 aliphatic rings. The van der Waals surface area contributed by atoms with E-state index >= 15 is 0 Å². The Morgan fingerprint density at radius 3 is 2.35 bits per heavy atom. The van der Waals surface area contributed by atoms with Gasteiger partial charge in [-0.1, -0.05) is 42.1 Å². The predicted octanol–water partition coefficient (Wildman–Crippen LogP) is 4.32. The van der Waals surface area contributed by atoms with E-state index in [-0.39, 0.29) is 17.3 Å². The number of benzene rings is 1. The summed E-state index contributed by atoms with van der Waals surface area (Å²) in [6.07, 6.45) is -6.73. The van der Waals surface area contributed by atoms with E-state index in [1.807, 2.05) is 0 Å². The van der Waals surface area contributed by atoms with Crippen LogP contribution in [0.5, 0.6) is 0 Å². The van der Waals surface area contributed by atoms with Crippen molar-refractivity contribution in [1.29, 1.82) is 0 Å². The molecule has 1 aromatic rings. The summed E-state index contributed by atoms with van der Waals surface area (Å²) in [5.74, 6) is 0.175. The third-order valence-electron chi connectivity index (χ3n) is 2.69. The Labute approximate surface area is 119 Å². The SMILES string of the molecule is O=C(SCCC(F)CC(F)C(F)CF)c1ccccc1. The summed E-state index contributed by atoms with van der Waals surface area (Å²) < 4.78 is 50.7. The van der Waals surface area contributed by atoms with Crippen LogP contribution in [0.4, 0.5) is 17.6 Å². The highest BCUT2D eigenvalue weighted by molar-refractivity contribution is 8.14. The average molecular weight is 308 g/mol. The van der Waals surface area contributed by atoms with Crippen molar-refractivity contribution in [2.45, 2.75) is 31.4 Å². The minimum atomic E-state index is -2.27. The van der Waals surface area contributed by atoms with Crippen LogP contribution in [-0.4, -0.2) is 36.1 Å². The maximum Gasteiger partial charge on any atom is 0.219 e. The molecule has 0 fully saturated rings. The Balaban J connectivity index is 2.25. The maximum absolute atomic E-state index is 13.3. The van der Waals surface area contributed by atoms with Gasteiger partial charge in [0, 0.05) is 17.7 Å². The zero-order valence-corrected chi connectivity index (χ0v) is 11.6. The second kappa shape index (κ2) is 9.00. The van der Waals surface area contributed by atoms with E-state index in [0.29, 0.717) is 5.56 Å². The van der Waals surface area contributed by atoms with Gasteiger partial charge >= 0.3 is 0 Å². The van der Waals surface area contributed by atoms with Crippen molar-refractivity contribution in [2.75, 3.05) is 12.4 Å². The fourth-order valence-corrected chi connectivity index (χ4v) is 2.41. The molecule has 112 valence electrons. The average Bonchev–Trinajstić information content (AvgIpc) is 2.47. The number of hydrogen-bond acceptors (Lipinski definition) is 2. The van der Waals surface area contributed by atoms with Crippen molar-refractivity contribution in [2.24, 2.45) is 0 Å². The minimum absolute atomic E-state index is 0.0668. The van der Waals surface area contributed by atoms with Crippen molar-refractivity contribution in [1.82, 2.24) is 0 Å². The first kappa shape index (κ1) is 17.0. The van der Waals surface area contributed by atoms with Gasteiger partial charge in [0.25, 0.3) is 0 Å². The summed E-state index contributed by atoms with van der Waals surface area (Å²) in [6.45, 7) is -1.45. The summed E-state index contributed by atoms with van der Waals surface area (Å²) in [4.78, 5) is 11.7. The largest absolute Gasteiger partial charge is 0.282 e. The molecule has 1 aromatic carbocycles. The predicted molar refractivity (Wildman–Crippen MR) is 73.1 cm³/mol. The van der Waals surface area contributed by atoms with Gasteiger partial charge in [-0.2, -0.15) is 0 Å². The van der Waals surface area contributed by atoms with E-state index < -0.39 is 31.6 Å². The van der Waals surface area contributed by atoms with Crippen molar-refractivity contribution < 1.29 is 22.4 Å². The lowest BCUT2D eigenvalue weighted by Crippen LogP contribution is -2.23. The van der Waals surface area contributed by atoms with Gasteiger partial charge in [-0.05, 0) is 6.42 Å². The first-order chi connectivity index (χ1) is 9.54. The van der Waals surface area contributed by atoms with Gasteiger partial charge in [-0.15, -0.1) is 0 Å². The summed E-state index contributed by atoms with van der Waals surface area (Å²) in [6, 6.07) is 8.51. The van der Waals surface area contributed by atoms with Crippen LogP contribution in [-0.2, 0) is 0 Å². The summed E-state index contributed by atoms with van der Waals surface area (Å²) in [5.41, 5.74) is 0.512. The molecule has 0 N–H and O–H groups in total. The van der Waals surface area contributed by atoms with Crippen LogP contribution in [0.3, 0.4) is 0 Å². The zero-order chi connectivity index (χ0) is 15.0. The Bertz CT molecular complexity index is 401. The van der Waals surface area contributed by atoms with E-state index in [1.165, 1.54) is 0 Å². The second-order valence-electron chi connectivity index (χ2n) is 4.31. The molecule has 0 radical (unpaired) electrons. The summed E-state index contributed by atoms with van der Waals surface area (Å²) in [5, 5.41) is -0.193. The molecule has 0 aromatic heterocycles. The van der Waals surface area contributed by atoms with Gasteiger partial charge in [0.05, 0.1) is 0 Å². The molecule has 0 spiro atoms. The molecule has 1 nitrogen and oxygen atoms in total. The highest BCUT2D eigenvalue weighted by Crippen LogP contribution is 2.19. The Hall–Kier alpha value is -1.04. The topological polar surface area (TPSA) is 17.1 Å². The molecule has 0 saturated heterocycles. The zero-order valence-electron chi connectivity index (χ0n) is 10.8.